The van der Waals surface area contributed by atoms with Crippen molar-refractivity contribution in [1.82, 2.24) is 4.90 Å². The molecule has 0 saturated carbocycles. The van der Waals surface area contributed by atoms with E-state index in [1.165, 1.54) is 0 Å². The molecule has 104 valence electrons. The summed E-state index contributed by atoms with van der Waals surface area (Å²) in [5, 5.41) is 3.39. The average molecular weight is 282 g/mol. The number of piperidine rings is 1. The molecule has 1 saturated heterocycles. The van der Waals surface area contributed by atoms with Crippen molar-refractivity contribution in [3.63, 3.8) is 0 Å². The van der Waals surface area contributed by atoms with Crippen molar-refractivity contribution in [2.24, 2.45) is 5.92 Å². The number of halogens is 1. The first-order valence-corrected chi connectivity index (χ1v) is 6.99. The number of carbonyl (C=O) groups excluding carboxylic acids is 1. The number of amides is 1. The van der Waals surface area contributed by atoms with Gasteiger partial charge in [0.05, 0.1) is 17.9 Å². The molecule has 1 fully saturated rings. The Labute approximate surface area is 118 Å². The van der Waals surface area contributed by atoms with Crippen molar-refractivity contribution in [3.8, 4) is 0 Å². The number of anilines is 2. The monoisotopic (exact) mass is 281 g/mol. The Hall–Kier alpha value is -1.26. The molecule has 1 aromatic rings. The van der Waals surface area contributed by atoms with Crippen molar-refractivity contribution in [2.75, 3.05) is 30.7 Å². The molecule has 0 spiro atoms. The Bertz CT molecular complexity index is 456. The molecule has 0 aromatic heterocycles. The average Bonchev–Trinajstić information content (AvgIpc) is 2.37. The summed E-state index contributed by atoms with van der Waals surface area (Å²) in [4.78, 5) is 14.2. The van der Waals surface area contributed by atoms with Gasteiger partial charge in [0.1, 0.15) is 0 Å². The standard InChI is InChI=1S/C14H20ClN3O/c1-10-4-6-18(7-5-10)9-14(19)17-13-8-11(15)2-3-12(13)16/h2-3,8,10H,4-7,9,16H2,1H3,(H,17,19). The van der Waals surface area contributed by atoms with Gasteiger partial charge in [-0.1, -0.05) is 18.5 Å². The SMILES string of the molecule is CC1CCN(CC(=O)Nc2cc(Cl)ccc2N)CC1. The van der Waals surface area contributed by atoms with Gasteiger partial charge < -0.3 is 11.1 Å². The fourth-order valence-corrected chi connectivity index (χ4v) is 2.42. The Kier molecular flexibility index (Phi) is 4.66. The van der Waals surface area contributed by atoms with E-state index in [1.807, 2.05) is 0 Å². The second-order valence-corrected chi connectivity index (χ2v) is 5.67. The summed E-state index contributed by atoms with van der Waals surface area (Å²) in [7, 11) is 0. The third-order valence-corrected chi connectivity index (χ3v) is 3.77. The molecule has 5 heteroatoms. The van der Waals surface area contributed by atoms with E-state index in [9.17, 15) is 4.79 Å². The lowest BCUT2D eigenvalue weighted by Crippen LogP contribution is -2.38. The predicted molar refractivity (Wildman–Crippen MR) is 79.3 cm³/mol. The Morgan fingerprint density at radius 1 is 1.47 bits per heavy atom. The van der Waals surface area contributed by atoms with Crippen molar-refractivity contribution >= 4 is 28.9 Å². The number of nitrogen functional groups attached to an aromatic ring is 1. The number of benzene rings is 1. The molecule has 3 N–H and O–H groups in total. The van der Waals surface area contributed by atoms with Crippen LogP contribution in [0.3, 0.4) is 0 Å². The Morgan fingerprint density at radius 3 is 2.84 bits per heavy atom. The fraction of sp³-hybridized carbons (Fsp3) is 0.500. The van der Waals surface area contributed by atoms with E-state index in [-0.39, 0.29) is 5.91 Å². The van der Waals surface area contributed by atoms with E-state index in [0.29, 0.717) is 22.9 Å². The summed E-state index contributed by atoms with van der Waals surface area (Å²) >= 11 is 5.89. The van der Waals surface area contributed by atoms with Gasteiger partial charge >= 0.3 is 0 Å². The lowest BCUT2D eigenvalue weighted by Gasteiger charge is -2.29. The number of likely N-dealkylation sites (tertiary alicyclic amines) is 1. The molecule has 2 rings (SSSR count). The molecule has 1 aromatic carbocycles. The second kappa shape index (κ2) is 6.26. The van der Waals surface area contributed by atoms with Gasteiger partial charge in [-0.25, -0.2) is 0 Å². The summed E-state index contributed by atoms with van der Waals surface area (Å²) in [5.74, 6) is 0.728. The smallest absolute Gasteiger partial charge is 0.238 e. The number of rotatable bonds is 3. The molecule has 0 aliphatic carbocycles. The minimum Gasteiger partial charge on any atom is -0.397 e. The van der Waals surface area contributed by atoms with Crippen LogP contribution in [0.4, 0.5) is 11.4 Å². The van der Waals surface area contributed by atoms with Gasteiger partial charge in [-0.2, -0.15) is 0 Å². The maximum atomic E-state index is 12.0. The highest BCUT2D eigenvalue weighted by atomic mass is 35.5. The van der Waals surface area contributed by atoms with Crippen LogP contribution in [0.1, 0.15) is 19.8 Å². The van der Waals surface area contributed by atoms with Crippen LogP contribution in [0.15, 0.2) is 18.2 Å². The summed E-state index contributed by atoms with van der Waals surface area (Å²) in [6.07, 6.45) is 2.32. The molecule has 0 radical (unpaired) electrons. The van der Waals surface area contributed by atoms with E-state index in [2.05, 4.69) is 17.1 Å². The van der Waals surface area contributed by atoms with Gasteiger partial charge in [0.2, 0.25) is 5.91 Å². The number of nitrogens with two attached hydrogens (primary N) is 1. The minimum atomic E-state index is -0.0384. The summed E-state index contributed by atoms with van der Waals surface area (Å²) in [6.45, 7) is 4.64. The number of nitrogens with one attached hydrogen (secondary N) is 1. The highest BCUT2D eigenvalue weighted by Crippen LogP contribution is 2.23. The van der Waals surface area contributed by atoms with Gasteiger partial charge in [-0.15, -0.1) is 0 Å². The van der Waals surface area contributed by atoms with Crippen LogP contribution in [-0.2, 0) is 4.79 Å². The van der Waals surface area contributed by atoms with Crippen molar-refractivity contribution in [3.05, 3.63) is 23.2 Å². The maximum Gasteiger partial charge on any atom is 0.238 e. The summed E-state index contributed by atoms with van der Waals surface area (Å²) < 4.78 is 0. The molecule has 0 unspecified atom stereocenters. The molecule has 4 nitrogen and oxygen atoms in total. The number of carbonyl (C=O) groups is 1. The summed E-state index contributed by atoms with van der Waals surface area (Å²) in [5.41, 5.74) is 6.92. The molecule has 1 aliphatic rings. The fourth-order valence-electron chi connectivity index (χ4n) is 2.25. The van der Waals surface area contributed by atoms with E-state index >= 15 is 0 Å². The molecule has 0 bridgehead atoms. The molecule has 19 heavy (non-hydrogen) atoms. The van der Waals surface area contributed by atoms with Gasteiger partial charge in [0.25, 0.3) is 0 Å². The second-order valence-electron chi connectivity index (χ2n) is 5.24. The van der Waals surface area contributed by atoms with E-state index in [1.54, 1.807) is 18.2 Å². The van der Waals surface area contributed by atoms with Gasteiger partial charge in [0.15, 0.2) is 0 Å². The van der Waals surface area contributed by atoms with Crippen LogP contribution in [0, 0.1) is 5.92 Å². The zero-order valence-electron chi connectivity index (χ0n) is 11.2. The Balaban J connectivity index is 1.89. The maximum absolute atomic E-state index is 12.0. The first kappa shape index (κ1) is 14.2. The van der Waals surface area contributed by atoms with Gasteiger partial charge in [-0.3, -0.25) is 9.69 Å². The number of hydrogen-bond acceptors (Lipinski definition) is 3. The first-order chi connectivity index (χ1) is 9.04. The highest BCUT2D eigenvalue weighted by Gasteiger charge is 2.18. The largest absolute Gasteiger partial charge is 0.397 e. The topological polar surface area (TPSA) is 58.4 Å². The lowest BCUT2D eigenvalue weighted by molar-refractivity contribution is -0.117. The van der Waals surface area contributed by atoms with Crippen molar-refractivity contribution in [1.29, 1.82) is 0 Å². The van der Waals surface area contributed by atoms with Crippen molar-refractivity contribution < 1.29 is 4.79 Å². The van der Waals surface area contributed by atoms with Gasteiger partial charge in [-0.05, 0) is 50.0 Å². The van der Waals surface area contributed by atoms with Crippen LogP contribution in [0.5, 0.6) is 0 Å². The van der Waals surface area contributed by atoms with Crippen LogP contribution in [-0.4, -0.2) is 30.4 Å². The highest BCUT2D eigenvalue weighted by molar-refractivity contribution is 6.31. The van der Waals surface area contributed by atoms with Crippen LogP contribution < -0.4 is 11.1 Å². The molecule has 1 amide bonds. The third kappa shape index (κ3) is 4.11. The van der Waals surface area contributed by atoms with Crippen LogP contribution in [0.25, 0.3) is 0 Å². The lowest BCUT2D eigenvalue weighted by atomic mass is 9.99. The van der Waals surface area contributed by atoms with Gasteiger partial charge in [0, 0.05) is 5.02 Å². The molecule has 1 aliphatic heterocycles. The van der Waals surface area contributed by atoms with Crippen LogP contribution in [0.2, 0.25) is 5.02 Å². The quantitative estimate of drug-likeness (QED) is 0.837. The minimum absolute atomic E-state index is 0.0384. The molecular weight excluding hydrogens is 262 g/mol. The Morgan fingerprint density at radius 2 is 2.16 bits per heavy atom. The first-order valence-electron chi connectivity index (χ1n) is 6.62. The predicted octanol–water partition coefficient (Wildman–Crippen LogP) is 2.59. The normalized spacial score (nSPS) is 17.4. The zero-order chi connectivity index (χ0) is 13.8. The molecule has 1 heterocycles. The zero-order valence-corrected chi connectivity index (χ0v) is 11.9. The number of hydrogen-bond donors (Lipinski definition) is 2. The van der Waals surface area contributed by atoms with Crippen LogP contribution >= 0.6 is 11.6 Å². The van der Waals surface area contributed by atoms with E-state index in [0.717, 1.165) is 31.8 Å². The third-order valence-electron chi connectivity index (χ3n) is 3.53. The summed E-state index contributed by atoms with van der Waals surface area (Å²) in [6, 6.07) is 5.08. The number of nitrogens with zero attached hydrogens (tertiary/aromatic N) is 1. The van der Waals surface area contributed by atoms with E-state index in [4.69, 9.17) is 17.3 Å². The van der Waals surface area contributed by atoms with Crippen molar-refractivity contribution in [2.45, 2.75) is 19.8 Å². The van der Waals surface area contributed by atoms with E-state index < -0.39 is 0 Å². The molecule has 0 atom stereocenters. The molecular formula is C14H20ClN3O.